The second-order valence-electron chi connectivity index (χ2n) is 3.67. The highest BCUT2D eigenvalue weighted by molar-refractivity contribution is 6.52. The van der Waals surface area contributed by atoms with Crippen molar-refractivity contribution in [1.82, 2.24) is 9.80 Å². The highest BCUT2D eigenvalue weighted by Gasteiger charge is 2.17. The minimum absolute atomic E-state index is 0.678. The Balaban J connectivity index is 4.00. The number of nitrogens with zero attached hydrogens (tertiary/aromatic N) is 2. The Morgan fingerprint density at radius 1 is 0.800 bits per heavy atom. The molecule has 0 aromatic rings. The van der Waals surface area contributed by atoms with Crippen LogP contribution in [0, 0.1) is 0 Å². The molecule has 0 rings (SSSR count). The Morgan fingerprint density at radius 3 is 1.33 bits per heavy atom. The van der Waals surface area contributed by atoms with Crippen molar-refractivity contribution in [3.8, 4) is 0 Å². The molecule has 15 heavy (non-hydrogen) atoms. The molecule has 0 aromatic carbocycles. The van der Waals surface area contributed by atoms with Gasteiger partial charge in [-0.2, -0.15) is 0 Å². The highest BCUT2D eigenvalue weighted by atomic mass is 28.3. The summed E-state index contributed by atoms with van der Waals surface area (Å²) in [5.74, 6) is 0. The molecule has 0 aliphatic heterocycles. The van der Waals surface area contributed by atoms with Crippen LogP contribution in [0.15, 0.2) is 0 Å². The molecule has 0 heterocycles. The van der Waals surface area contributed by atoms with Crippen LogP contribution >= 0.6 is 0 Å². The van der Waals surface area contributed by atoms with Crippen molar-refractivity contribution in [2.75, 3.05) is 45.6 Å². The molecule has 0 aromatic heterocycles. The van der Waals surface area contributed by atoms with Gasteiger partial charge in [-0.05, 0) is 26.2 Å². The average Bonchev–Trinajstić information content (AvgIpc) is 2.30. The van der Waals surface area contributed by atoms with Crippen LogP contribution in [0.1, 0.15) is 27.7 Å². The first-order chi connectivity index (χ1) is 7.21. The average molecular weight is 231 g/mol. The van der Waals surface area contributed by atoms with E-state index in [1.165, 1.54) is 0 Å². The fourth-order valence-electron chi connectivity index (χ4n) is 1.57. The summed E-state index contributed by atoms with van der Waals surface area (Å²) in [6.45, 7) is 13.4. The molecule has 0 aliphatic rings. The molecule has 0 atom stereocenters. The predicted octanol–water partition coefficient (Wildman–Crippen LogP) is 1.39. The lowest BCUT2D eigenvalue weighted by Gasteiger charge is -2.26. The van der Waals surface area contributed by atoms with Gasteiger partial charge in [0.15, 0.2) is 0 Å². The second kappa shape index (κ2) is 9.33. The molecule has 0 aliphatic carbocycles. The van der Waals surface area contributed by atoms with E-state index >= 15 is 0 Å². The van der Waals surface area contributed by atoms with Crippen molar-refractivity contribution in [3.05, 3.63) is 0 Å². The summed E-state index contributed by atoms with van der Waals surface area (Å²) >= 11 is 0. The molecule has 0 fully saturated rings. The minimum atomic E-state index is -0.678. The van der Waals surface area contributed by atoms with Gasteiger partial charge in [-0.1, -0.05) is 27.7 Å². The topological polar surface area (TPSA) is 15.7 Å². The summed E-state index contributed by atoms with van der Waals surface area (Å²) in [5, 5.41) is 0. The Kier molecular flexibility index (Phi) is 9.39. The van der Waals surface area contributed by atoms with Crippen LogP contribution in [0.2, 0.25) is 0 Å². The smallest absolute Gasteiger partial charge is 0.240 e. The third kappa shape index (κ3) is 6.30. The molecule has 91 valence electrons. The third-order valence-corrected chi connectivity index (χ3v) is 5.05. The van der Waals surface area contributed by atoms with E-state index in [4.69, 9.17) is 4.43 Å². The van der Waals surface area contributed by atoms with Crippen molar-refractivity contribution in [1.29, 1.82) is 0 Å². The van der Waals surface area contributed by atoms with E-state index in [0.29, 0.717) is 0 Å². The van der Waals surface area contributed by atoms with Crippen LogP contribution in [-0.2, 0) is 4.43 Å². The molecule has 0 saturated heterocycles. The molecule has 0 saturated carbocycles. The van der Waals surface area contributed by atoms with Crippen LogP contribution in [0.5, 0.6) is 0 Å². The van der Waals surface area contributed by atoms with Gasteiger partial charge in [0.05, 0.1) is 0 Å². The fraction of sp³-hybridized carbons (Fsp3) is 1.00. The van der Waals surface area contributed by atoms with Crippen LogP contribution in [0.3, 0.4) is 0 Å². The van der Waals surface area contributed by atoms with E-state index < -0.39 is 9.04 Å². The van der Waals surface area contributed by atoms with Crippen molar-refractivity contribution >= 4 is 9.04 Å². The lowest BCUT2D eigenvalue weighted by Crippen LogP contribution is -2.45. The summed E-state index contributed by atoms with van der Waals surface area (Å²) in [6, 6.07) is 0. The second-order valence-corrected chi connectivity index (χ2v) is 5.78. The summed E-state index contributed by atoms with van der Waals surface area (Å²) < 4.78 is 5.64. The zero-order valence-electron chi connectivity index (χ0n) is 11.0. The predicted molar refractivity (Wildman–Crippen MR) is 68.3 cm³/mol. The Hall–Kier alpha value is 0.0969. The normalized spacial score (nSPS) is 12.0. The first-order valence-corrected chi connectivity index (χ1v) is 7.87. The van der Waals surface area contributed by atoms with Gasteiger partial charge in [-0.3, -0.25) is 0 Å². The van der Waals surface area contributed by atoms with Crippen molar-refractivity contribution in [2.45, 2.75) is 27.7 Å². The molecule has 0 spiro atoms. The van der Waals surface area contributed by atoms with Crippen LogP contribution in [0.25, 0.3) is 0 Å². The lowest BCUT2D eigenvalue weighted by molar-refractivity contribution is 0.287. The lowest BCUT2D eigenvalue weighted by atomic mass is 10.6. The van der Waals surface area contributed by atoms with Crippen molar-refractivity contribution in [2.24, 2.45) is 0 Å². The zero-order chi connectivity index (χ0) is 11.7. The van der Waals surface area contributed by atoms with Crippen LogP contribution in [-0.4, -0.2) is 64.5 Å². The molecule has 0 amide bonds. The molecule has 0 unspecified atom stereocenters. The van der Waals surface area contributed by atoms with Crippen molar-refractivity contribution in [3.63, 3.8) is 0 Å². The molecule has 1 radical (unpaired) electrons. The Labute approximate surface area is 97.1 Å². The standard InChI is InChI=1S/C11H27N2OSi/c1-6-12(7-2)10-15(14-5)11-13(8-3)9-4/h6-11H2,1-5H3. The van der Waals surface area contributed by atoms with Gasteiger partial charge in [0.25, 0.3) is 0 Å². The van der Waals surface area contributed by atoms with Gasteiger partial charge in [0.2, 0.25) is 9.04 Å². The van der Waals surface area contributed by atoms with Gasteiger partial charge in [-0.25, -0.2) is 0 Å². The maximum absolute atomic E-state index is 5.64. The molecule has 0 bridgehead atoms. The summed E-state index contributed by atoms with van der Waals surface area (Å²) in [7, 11) is 1.18. The SMILES string of the molecule is CCN(CC)C[Si](CN(CC)CC)OC. The van der Waals surface area contributed by atoms with E-state index in [1.54, 1.807) is 0 Å². The minimum Gasteiger partial charge on any atom is -0.417 e. The maximum Gasteiger partial charge on any atom is 0.240 e. The van der Waals surface area contributed by atoms with E-state index in [2.05, 4.69) is 37.5 Å². The zero-order valence-corrected chi connectivity index (χ0v) is 12.0. The number of rotatable bonds is 9. The monoisotopic (exact) mass is 231 g/mol. The highest BCUT2D eigenvalue weighted by Crippen LogP contribution is 1.96. The first-order valence-electron chi connectivity index (χ1n) is 6.05. The summed E-state index contributed by atoms with van der Waals surface area (Å²) in [4.78, 5) is 4.92. The molecule has 3 nitrogen and oxygen atoms in total. The Morgan fingerprint density at radius 2 is 1.13 bits per heavy atom. The largest absolute Gasteiger partial charge is 0.417 e. The van der Waals surface area contributed by atoms with Gasteiger partial charge in [0, 0.05) is 19.4 Å². The van der Waals surface area contributed by atoms with Crippen molar-refractivity contribution < 1.29 is 4.43 Å². The fourth-order valence-corrected chi connectivity index (χ4v) is 3.82. The number of hydrogen-bond donors (Lipinski definition) is 0. The van der Waals surface area contributed by atoms with Gasteiger partial charge < -0.3 is 14.2 Å². The van der Waals surface area contributed by atoms with Gasteiger partial charge in [-0.15, -0.1) is 0 Å². The van der Waals surface area contributed by atoms with E-state index in [9.17, 15) is 0 Å². The van der Waals surface area contributed by atoms with Crippen LogP contribution in [0.4, 0.5) is 0 Å². The quantitative estimate of drug-likeness (QED) is 0.558. The van der Waals surface area contributed by atoms with E-state index in [0.717, 1.165) is 38.5 Å². The van der Waals surface area contributed by atoms with E-state index in [1.807, 2.05) is 7.11 Å². The molecule has 4 heteroatoms. The summed E-state index contributed by atoms with van der Waals surface area (Å²) in [6.07, 6.45) is 2.29. The first kappa shape index (κ1) is 15.1. The third-order valence-electron chi connectivity index (χ3n) is 2.88. The maximum atomic E-state index is 5.64. The van der Waals surface area contributed by atoms with Gasteiger partial charge >= 0.3 is 0 Å². The van der Waals surface area contributed by atoms with Gasteiger partial charge in [0.1, 0.15) is 0 Å². The Bertz CT molecular complexity index is 125. The van der Waals surface area contributed by atoms with Crippen LogP contribution < -0.4 is 0 Å². The molecular weight excluding hydrogens is 204 g/mol. The summed E-state index contributed by atoms with van der Waals surface area (Å²) in [5.41, 5.74) is 0. The molecule has 0 N–H and O–H groups in total. The van der Waals surface area contributed by atoms with E-state index in [-0.39, 0.29) is 0 Å². The molecular formula is C11H27N2OSi. The number of hydrogen-bond acceptors (Lipinski definition) is 3.